The van der Waals surface area contributed by atoms with Gasteiger partial charge >= 0.3 is 0 Å². The topological polar surface area (TPSA) is 42.7 Å². The molecule has 1 aromatic heterocycles. The van der Waals surface area contributed by atoms with Crippen molar-refractivity contribution in [2.75, 3.05) is 26.2 Å². The predicted octanol–water partition coefficient (Wildman–Crippen LogP) is 4.63. The highest BCUT2D eigenvalue weighted by Gasteiger charge is 2.18. The molecular weight excluding hydrogens is 338 g/mol. The van der Waals surface area contributed by atoms with E-state index in [1.807, 2.05) is 49.4 Å². The van der Waals surface area contributed by atoms with E-state index in [9.17, 15) is 4.79 Å². The summed E-state index contributed by atoms with van der Waals surface area (Å²) < 4.78 is 12.1. The summed E-state index contributed by atoms with van der Waals surface area (Å²) in [6.45, 7) is 5.58. The number of rotatable bonds is 5. The average molecular weight is 363 g/mol. The minimum atomic E-state index is -0.105. The Hall–Kier alpha value is -2.59. The van der Waals surface area contributed by atoms with Gasteiger partial charge in [-0.1, -0.05) is 48.4 Å². The van der Waals surface area contributed by atoms with Gasteiger partial charge in [-0.2, -0.15) is 0 Å². The summed E-state index contributed by atoms with van der Waals surface area (Å²) in [4.78, 5) is 15.5. The van der Waals surface area contributed by atoms with Gasteiger partial charge in [0.2, 0.25) is 11.2 Å². The lowest BCUT2D eigenvalue weighted by Gasteiger charge is -2.26. The number of likely N-dealkylation sites (tertiary alicyclic amines) is 1. The predicted molar refractivity (Wildman–Crippen MR) is 108 cm³/mol. The first kappa shape index (κ1) is 17.8. The highest BCUT2D eigenvalue weighted by molar-refractivity contribution is 5.81. The zero-order valence-electron chi connectivity index (χ0n) is 15.7. The zero-order valence-corrected chi connectivity index (χ0v) is 15.7. The number of benzene rings is 2. The zero-order chi connectivity index (χ0) is 18.6. The fourth-order valence-electron chi connectivity index (χ4n) is 3.61. The molecule has 27 heavy (non-hydrogen) atoms. The molecular formula is C23H25NO3. The van der Waals surface area contributed by atoms with Gasteiger partial charge in [0.15, 0.2) is 5.76 Å². The summed E-state index contributed by atoms with van der Waals surface area (Å²) in [5.74, 6) is 0.826. The minimum absolute atomic E-state index is 0.105. The first-order chi connectivity index (χ1) is 13.2. The van der Waals surface area contributed by atoms with E-state index in [1.54, 1.807) is 6.07 Å². The third-order valence-electron chi connectivity index (χ3n) is 5.17. The van der Waals surface area contributed by atoms with Crippen molar-refractivity contribution in [3.8, 4) is 17.1 Å². The van der Waals surface area contributed by atoms with Crippen LogP contribution in [0.4, 0.5) is 0 Å². The van der Waals surface area contributed by atoms with Crippen LogP contribution in [0.2, 0.25) is 0 Å². The Morgan fingerprint density at radius 2 is 1.74 bits per heavy atom. The molecule has 1 saturated heterocycles. The lowest BCUT2D eigenvalue weighted by atomic mass is 10.1. The van der Waals surface area contributed by atoms with Crippen LogP contribution in [0.1, 0.15) is 24.8 Å². The molecule has 1 aliphatic heterocycles. The third kappa shape index (κ3) is 3.91. The highest BCUT2D eigenvalue weighted by Crippen LogP contribution is 2.31. The summed E-state index contributed by atoms with van der Waals surface area (Å²) in [7, 11) is 0. The molecule has 0 bridgehead atoms. The van der Waals surface area contributed by atoms with E-state index in [2.05, 4.69) is 4.90 Å². The molecule has 0 atom stereocenters. The van der Waals surface area contributed by atoms with Gasteiger partial charge in [-0.3, -0.25) is 9.69 Å². The van der Waals surface area contributed by atoms with Gasteiger partial charge in [0.25, 0.3) is 0 Å². The van der Waals surface area contributed by atoms with Crippen LogP contribution < -0.4 is 10.2 Å². The second kappa shape index (κ2) is 7.97. The minimum Gasteiger partial charge on any atom is -0.485 e. The van der Waals surface area contributed by atoms with Crippen molar-refractivity contribution >= 4 is 11.0 Å². The third-order valence-corrected chi connectivity index (χ3v) is 5.17. The Kier molecular flexibility index (Phi) is 5.26. The Morgan fingerprint density at radius 1 is 1.00 bits per heavy atom. The summed E-state index contributed by atoms with van der Waals surface area (Å²) in [6, 6.07) is 15.3. The number of hydrogen-bond acceptors (Lipinski definition) is 4. The number of ether oxygens (including phenoxy) is 1. The van der Waals surface area contributed by atoms with Gasteiger partial charge < -0.3 is 9.15 Å². The van der Waals surface area contributed by atoms with E-state index in [-0.39, 0.29) is 5.43 Å². The van der Waals surface area contributed by atoms with E-state index in [0.717, 1.165) is 30.8 Å². The van der Waals surface area contributed by atoms with E-state index < -0.39 is 0 Å². The Labute approximate surface area is 159 Å². The lowest BCUT2D eigenvalue weighted by Crippen LogP contribution is -2.33. The summed E-state index contributed by atoms with van der Waals surface area (Å²) in [5.41, 5.74) is 2.50. The van der Waals surface area contributed by atoms with Crippen LogP contribution in [-0.4, -0.2) is 31.1 Å². The lowest BCUT2D eigenvalue weighted by molar-refractivity contribution is 0.182. The van der Waals surface area contributed by atoms with E-state index in [0.29, 0.717) is 29.1 Å². The van der Waals surface area contributed by atoms with Gasteiger partial charge in [0, 0.05) is 12.1 Å². The number of fused-ring (bicyclic) bond motifs is 1. The monoisotopic (exact) mass is 363 g/mol. The molecule has 2 heterocycles. The molecule has 0 unspecified atom stereocenters. The van der Waals surface area contributed by atoms with Crippen LogP contribution in [0.5, 0.6) is 5.75 Å². The standard InChI is InChI=1S/C23H25NO3/c1-17-9-11-18(12-10-17)22-23(26-16-15-24-13-5-2-6-14-24)21(25)19-7-3-4-8-20(19)27-22/h3-4,7-12H,2,5-6,13-16H2,1H3. The molecule has 0 saturated carbocycles. The Bertz CT molecular complexity index is 969. The molecule has 0 N–H and O–H groups in total. The van der Waals surface area contributed by atoms with E-state index >= 15 is 0 Å². The average Bonchev–Trinajstić information content (AvgIpc) is 2.71. The fraction of sp³-hybridized carbons (Fsp3) is 0.348. The Balaban J connectivity index is 1.67. The largest absolute Gasteiger partial charge is 0.485 e. The highest BCUT2D eigenvalue weighted by atomic mass is 16.5. The molecule has 0 aliphatic carbocycles. The number of nitrogens with zero attached hydrogens (tertiary/aromatic N) is 1. The van der Waals surface area contributed by atoms with Gasteiger partial charge in [0.1, 0.15) is 12.2 Å². The molecule has 0 spiro atoms. The van der Waals surface area contributed by atoms with Gasteiger partial charge in [-0.15, -0.1) is 0 Å². The molecule has 4 heteroatoms. The molecule has 0 radical (unpaired) electrons. The van der Waals surface area contributed by atoms with Crippen molar-refractivity contribution in [2.45, 2.75) is 26.2 Å². The maximum Gasteiger partial charge on any atom is 0.235 e. The smallest absolute Gasteiger partial charge is 0.235 e. The summed E-state index contributed by atoms with van der Waals surface area (Å²) in [5, 5.41) is 0.557. The molecule has 0 amide bonds. The normalized spacial score (nSPS) is 15.1. The van der Waals surface area contributed by atoms with Gasteiger partial charge in [-0.25, -0.2) is 0 Å². The van der Waals surface area contributed by atoms with E-state index in [1.165, 1.54) is 19.3 Å². The molecule has 1 aliphatic rings. The van der Waals surface area contributed by atoms with Crippen LogP contribution in [0.25, 0.3) is 22.3 Å². The SMILES string of the molecule is Cc1ccc(-c2oc3ccccc3c(=O)c2OCCN2CCCCC2)cc1. The van der Waals surface area contributed by atoms with Crippen molar-refractivity contribution < 1.29 is 9.15 Å². The Morgan fingerprint density at radius 3 is 2.52 bits per heavy atom. The molecule has 3 aromatic rings. The number of piperidine rings is 1. The fourth-order valence-corrected chi connectivity index (χ4v) is 3.61. The van der Waals surface area contributed by atoms with Crippen molar-refractivity contribution in [1.82, 2.24) is 4.90 Å². The number of aryl methyl sites for hydroxylation is 1. The van der Waals surface area contributed by atoms with Crippen molar-refractivity contribution in [2.24, 2.45) is 0 Å². The molecule has 1 fully saturated rings. The van der Waals surface area contributed by atoms with Crippen molar-refractivity contribution in [3.05, 3.63) is 64.3 Å². The van der Waals surface area contributed by atoms with Gasteiger partial charge in [0.05, 0.1) is 5.39 Å². The van der Waals surface area contributed by atoms with Crippen molar-refractivity contribution in [1.29, 1.82) is 0 Å². The molecule has 4 nitrogen and oxygen atoms in total. The maximum absolute atomic E-state index is 13.1. The first-order valence-electron chi connectivity index (χ1n) is 9.70. The summed E-state index contributed by atoms with van der Waals surface area (Å²) >= 11 is 0. The quantitative estimate of drug-likeness (QED) is 0.663. The first-order valence-corrected chi connectivity index (χ1v) is 9.70. The van der Waals surface area contributed by atoms with Crippen molar-refractivity contribution in [3.63, 3.8) is 0 Å². The number of hydrogen-bond donors (Lipinski definition) is 0. The van der Waals surface area contributed by atoms with Crippen LogP contribution >= 0.6 is 0 Å². The molecule has 4 rings (SSSR count). The van der Waals surface area contributed by atoms with Crippen LogP contribution in [-0.2, 0) is 0 Å². The van der Waals surface area contributed by atoms with Gasteiger partial charge in [-0.05, 0) is 45.0 Å². The maximum atomic E-state index is 13.1. The van der Waals surface area contributed by atoms with Crippen LogP contribution in [0.15, 0.2) is 57.7 Å². The molecule has 2 aromatic carbocycles. The van der Waals surface area contributed by atoms with Crippen LogP contribution in [0, 0.1) is 6.92 Å². The second-order valence-electron chi connectivity index (χ2n) is 7.20. The number of para-hydroxylation sites is 1. The summed E-state index contributed by atoms with van der Waals surface area (Å²) in [6.07, 6.45) is 3.79. The van der Waals surface area contributed by atoms with Crippen LogP contribution in [0.3, 0.4) is 0 Å². The molecule has 140 valence electrons. The van der Waals surface area contributed by atoms with E-state index in [4.69, 9.17) is 9.15 Å². The second-order valence-corrected chi connectivity index (χ2v) is 7.20.